The van der Waals surface area contributed by atoms with Gasteiger partial charge in [-0.25, -0.2) is 0 Å². The average Bonchev–Trinajstić information content (AvgIpc) is 3.03. The van der Waals surface area contributed by atoms with E-state index in [4.69, 9.17) is 10.3 Å². The number of benzene rings is 2. The predicted octanol–water partition coefficient (Wildman–Crippen LogP) is 3.74. The van der Waals surface area contributed by atoms with E-state index < -0.39 is 0 Å². The number of aliphatic imine (C=N–C) groups is 1. The Morgan fingerprint density at radius 2 is 1.86 bits per heavy atom. The van der Waals surface area contributed by atoms with Crippen molar-refractivity contribution in [3.63, 3.8) is 0 Å². The zero-order valence-corrected chi connectivity index (χ0v) is 16.9. The number of H-pyrrole nitrogens is 1. The lowest BCUT2D eigenvalue weighted by Gasteiger charge is -2.10. The molecule has 148 valence electrons. The van der Waals surface area contributed by atoms with Gasteiger partial charge in [0.2, 0.25) is 0 Å². The topological polar surface area (TPSA) is 92.5 Å². The molecule has 0 atom stereocenters. The first kappa shape index (κ1) is 20.3. The minimum Gasteiger partial charge on any atom is -0.494 e. The van der Waals surface area contributed by atoms with Gasteiger partial charge in [-0.05, 0) is 64.3 Å². The number of hydrogen-bond donors (Lipinski definition) is 2. The Hall–Kier alpha value is -3.43. The van der Waals surface area contributed by atoms with Gasteiger partial charge >= 0.3 is 0 Å². The molecule has 0 unspecified atom stereocenters. The zero-order chi connectivity index (χ0) is 21.0. The van der Waals surface area contributed by atoms with E-state index >= 15 is 0 Å². The Kier molecular flexibility index (Phi) is 6.10. The number of rotatable bonds is 7. The summed E-state index contributed by atoms with van der Waals surface area (Å²) in [5.41, 5.74) is 3.87. The molecule has 0 aliphatic carbocycles. The summed E-state index contributed by atoms with van der Waals surface area (Å²) in [6.07, 6.45) is 0.870. The summed E-state index contributed by atoms with van der Waals surface area (Å²) in [4.78, 5) is 21.7. The van der Waals surface area contributed by atoms with Gasteiger partial charge in [0, 0.05) is 28.6 Å². The maximum absolute atomic E-state index is 11.9. The van der Waals surface area contributed by atoms with E-state index in [1.807, 2.05) is 26.2 Å². The lowest BCUT2D eigenvalue weighted by Crippen LogP contribution is -2.14. The molecular formula is C23H24N4O2. The molecule has 0 saturated heterocycles. The predicted molar refractivity (Wildman–Crippen MR) is 115 cm³/mol. The van der Waals surface area contributed by atoms with Crippen LogP contribution in [-0.4, -0.2) is 53.7 Å². The highest BCUT2D eigenvalue weighted by Gasteiger charge is 2.19. The third-order valence-corrected chi connectivity index (χ3v) is 4.74. The molecule has 0 spiro atoms. The van der Waals surface area contributed by atoms with E-state index in [0.29, 0.717) is 28.9 Å². The van der Waals surface area contributed by atoms with Crippen molar-refractivity contribution in [1.29, 1.82) is 5.26 Å². The van der Waals surface area contributed by atoms with Crippen LogP contribution in [0.2, 0.25) is 0 Å². The molecule has 3 rings (SSSR count). The second-order valence-electron chi connectivity index (χ2n) is 7.24. The summed E-state index contributed by atoms with van der Waals surface area (Å²) in [7, 11) is 4.03. The largest absolute Gasteiger partial charge is 0.494 e. The monoisotopic (exact) mass is 388 g/mol. The van der Waals surface area contributed by atoms with Gasteiger partial charge in [0.05, 0.1) is 22.9 Å². The third kappa shape index (κ3) is 4.53. The van der Waals surface area contributed by atoms with E-state index in [-0.39, 0.29) is 11.7 Å². The summed E-state index contributed by atoms with van der Waals surface area (Å²) < 4.78 is 0. The summed E-state index contributed by atoms with van der Waals surface area (Å²) in [5.74, 6) is -0.0298. The summed E-state index contributed by atoms with van der Waals surface area (Å²) in [5, 5.41) is 20.5. The molecule has 3 aromatic rings. The number of aromatic amines is 1. The van der Waals surface area contributed by atoms with E-state index in [1.165, 1.54) is 6.92 Å². The number of carbonyl (C=O) groups is 1. The van der Waals surface area contributed by atoms with Crippen molar-refractivity contribution in [2.24, 2.45) is 4.99 Å². The van der Waals surface area contributed by atoms with E-state index in [2.05, 4.69) is 16.0 Å². The van der Waals surface area contributed by atoms with Gasteiger partial charge in [0.25, 0.3) is 0 Å². The molecule has 6 nitrogen and oxygen atoms in total. The van der Waals surface area contributed by atoms with Crippen LogP contribution in [0.15, 0.2) is 47.5 Å². The molecule has 0 fully saturated rings. The third-order valence-electron chi connectivity index (χ3n) is 4.74. The van der Waals surface area contributed by atoms with Gasteiger partial charge in [0.15, 0.2) is 11.7 Å². The number of carbonyl (C=O) groups excluding carboxylic acids is 1. The SMILES string of the molecule is CC(=O)c1ccc2[nH]c(O)c(C(=NCCCN(C)C)c3ccc(C#N)cc3)c2c1. The first-order valence-corrected chi connectivity index (χ1v) is 9.46. The number of nitrogens with zero attached hydrogens (tertiary/aromatic N) is 3. The van der Waals surface area contributed by atoms with Crippen LogP contribution in [0.25, 0.3) is 10.9 Å². The molecule has 0 bridgehead atoms. The van der Waals surface area contributed by atoms with Crippen LogP contribution < -0.4 is 0 Å². The van der Waals surface area contributed by atoms with Crippen LogP contribution in [0.5, 0.6) is 5.88 Å². The number of hydrogen-bond acceptors (Lipinski definition) is 5. The highest BCUT2D eigenvalue weighted by molar-refractivity contribution is 6.21. The molecule has 0 aliphatic heterocycles. The van der Waals surface area contributed by atoms with E-state index in [1.54, 1.807) is 30.3 Å². The molecule has 0 amide bonds. The minimum atomic E-state index is -0.0404. The second-order valence-corrected chi connectivity index (χ2v) is 7.24. The van der Waals surface area contributed by atoms with Crippen LogP contribution in [-0.2, 0) is 0 Å². The lowest BCUT2D eigenvalue weighted by atomic mass is 9.98. The van der Waals surface area contributed by atoms with Gasteiger partial charge in [-0.15, -0.1) is 0 Å². The zero-order valence-electron chi connectivity index (χ0n) is 16.9. The van der Waals surface area contributed by atoms with Crippen molar-refractivity contribution in [1.82, 2.24) is 9.88 Å². The average molecular weight is 388 g/mol. The number of fused-ring (bicyclic) bond motifs is 1. The maximum atomic E-state index is 11.9. The Balaban J connectivity index is 2.13. The first-order chi connectivity index (χ1) is 13.9. The Morgan fingerprint density at radius 3 is 2.48 bits per heavy atom. The van der Waals surface area contributed by atoms with Crippen LogP contribution in [0.4, 0.5) is 0 Å². The van der Waals surface area contributed by atoms with Gasteiger partial charge in [-0.2, -0.15) is 5.26 Å². The fourth-order valence-corrected chi connectivity index (χ4v) is 3.23. The molecule has 1 aromatic heterocycles. The van der Waals surface area contributed by atoms with Crippen LogP contribution in [0.3, 0.4) is 0 Å². The normalized spacial score (nSPS) is 11.8. The number of aromatic hydroxyl groups is 1. The van der Waals surface area contributed by atoms with Gasteiger partial charge in [0.1, 0.15) is 0 Å². The molecular weight excluding hydrogens is 364 g/mol. The number of nitriles is 1. The summed E-state index contributed by atoms with van der Waals surface area (Å²) in [6.45, 7) is 3.01. The Labute approximate surface area is 170 Å². The summed E-state index contributed by atoms with van der Waals surface area (Å²) >= 11 is 0. The molecule has 0 saturated carbocycles. The molecule has 29 heavy (non-hydrogen) atoms. The second kappa shape index (κ2) is 8.72. The van der Waals surface area contributed by atoms with E-state index in [0.717, 1.165) is 29.4 Å². The minimum absolute atomic E-state index is 0.0106. The van der Waals surface area contributed by atoms with Crippen molar-refractivity contribution >= 4 is 22.4 Å². The van der Waals surface area contributed by atoms with Gasteiger partial charge in [-0.1, -0.05) is 12.1 Å². The van der Waals surface area contributed by atoms with Crippen LogP contribution in [0.1, 0.15) is 40.4 Å². The molecule has 0 aliphatic rings. The highest BCUT2D eigenvalue weighted by atomic mass is 16.3. The van der Waals surface area contributed by atoms with Crippen molar-refractivity contribution in [2.75, 3.05) is 27.2 Å². The van der Waals surface area contributed by atoms with Crippen molar-refractivity contribution in [2.45, 2.75) is 13.3 Å². The number of ketones is 1. The smallest absolute Gasteiger partial charge is 0.199 e. The lowest BCUT2D eigenvalue weighted by molar-refractivity contribution is 0.101. The molecule has 2 aromatic carbocycles. The maximum Gasteiger partial charge on any atom is 0.199 e. The van der Waals surface area contributed by atoms with Crippen LogP contribution in [0, 0.1) is 11.3 Å². The number of nitrogens with one attached hydrogen (secondary N) is 1. The molecule has 2 N–H and O–H groups in total. The highest BCUT2D eigenvalue weighted by Crippen LogP contribution is 2.31. The fourth-order valence-electron chi connectivity index (χ4n) is 3.23. The van der Waals surface area contributed by atoms with E-state index in [9.17, 15) is 9.90 Å². The number of aromatic nitrogens is 1. The molecule has 1 heterocycles. The van der Waals surface area contributed by atoms with Crippen molar-refractivity contribution in [3.05, 3.63) is 64.7 Å². The fraction of sp³-hybridized carbons (Fsp3) is 0.261. The van der Waals surface area contributed by atoms with Crippen molar-refractivity contribution in [3.8, 4) is 11.9 Å². The molecule has 0 radical (unpaired) electrons. The van der Waals surface area contributed by atoms with Crippen molar-refractivity contribution < 1.29 is 9.90 Å². The van der Waals surface area contributed by atoms with Crippen LogP contribution >= 0.6 is 0 Å². The number of Topliss-reactive ketones (excluding diaryl/α,β-unsaturated/α-hetero) is 1. The Morgan fingerprint density at radius 1 is 1.17 bits per heavy atom. The summed E-state index contributed by atoms with van der Waals surface area (Å²) in [6, 6.07) is 14.5. The molecule has 6 heteroatoms. The first-order valence-electron chi connectivity index (χ1n) is 9.46. The van der Waals surface area contributed by atoms with Gasteiger partial charge < -0.3 is 15.0 Å². The standard InChI is InChI=1S/C23H24N4O2/c1-15(28)18-9-10-20-19(13-18)21(23(29)26-20)22(25-11-4-12-27(2)3)17-7-5-16(14-24)6-8-17/h5-10,13,26,29H,4,11-12H2,1-3H3. The van der Waals surface area contributed by atoms with Gasteiger partial charge in [-0.3, -0.25) is 9.79 Å². The Bertz CT molecular complexity index is 1100. The quantitative estimate of drug-likeness (QED) is 0.366.